The monoisotopic (exact) mass is 197 g/mol. The second kappa shape index (κ2) is 4.15. The highest BCUT2D eigenvalue weighted by Crippen LogP contribution is 2.21. The van der Waals surface area contributed by atoms with E-state index in [0.29, 0.717) is 10.1 Å². The maximum Gasteiger partial charge on any atom is 0.0927 e. The molecule has 0 fully saturated rings. The summed E-state index contributed by atoms with van der Waals surface area (Å²) in [5.74, 6) is 0. The van der Waals surface area contributed by atoms with E-state index >= 15 is 0 Å². The van der Waals surface area contributed by atoms with Crippen molar-refractivity contribution in [1.29, 1.82) is 5.26 Å². The molecule has 0 aromatic heterocycles. The van der Waals surface area contributed by atoms with Gasteiger partial charge < -0.3 is 0 Å². The zero-order valence-corrected chi connectivity index (χ0v) is 7.60. The Bertz CT molecular complexity index is 350. The molecule has 0 saturated heterocycles. The average molecular weight is 198 g/mol. The number of hydrogen-bond acceptors (Lipinski definition) is 1. The summed E-state index contributed by atoms with van der Waals surface area (Å²) in [4.78, 5) is 0. The van der Waals surface area contributed by atoms with Crippen molar-refractivity contribution in [3.8, 4) is 6.07 Å². The molecule has 0 unspecified atom stereocenters. The molecule has 0 aliphatic rings. The molecule has 0 atom stereocenters. The van der Waals surface area contributed by atoms with Crippen LogP contribution < -0.4 is 0 Å². The van der Waals surface area contributed by atoms with Gasteiger partial charge in [0.25, 0.3) is 0 Å². The quantitative estimate of drug-likeness (QED) is 0.634. The van der Waals surface area contributed by atoms with Crippen LogP contribution in [-0.2, 0) is 0 Å². The lowest BCUT2D eigenvalue weighted by Crippen LogP contribution is -1.75. The van der Waals surface area contributed by atoms with E-state index in [2.05, 4.69) is 0 Å². The van der Waals surface area contributed by atoms with Gasteiger partial charge in [-0.05, 0) is 17.7 Å². The number of halogens is 2. The summed E-state index contributed by atoms with van der Waals surface area (Å²) in [6, 6.07) is 8.88. The van der Waals surface area contributed by atoms with Crippen molar-refractivity contribution in [1.82, 2.24) is 0 Å². The molecule has 0 aliphatic heterocycles. The van der Waals surface area contributed by atoms with Gasteiger partial charge in [-0.25, -0.2) is 0 Å². The van der Waals surface area contributed by atoms with E-state index in [0.717, 1.165) is 5.56 Å². The number of benzene rings is 1. The smallest absolute Gasteiger partial charge is 0.0927 e. The Morgan fingerprint density at radius 2 is 2.25 bits per heavy atom. The first-order chi connectivity index (χ1) is 5.74. The first kappa shape index (κ1) is 9.12. The third kappa shape index (κ3) is 2.27. The third-order valence-corrected chi connectivity index (χ3v) is 1.85. The van der Waals surface area contributed by atoms with Crippen LogP contribution in [0.1, 0.15) is 5.56 Å². The molecule has 0 amide bonds. The normalized spacial score (nSPS) is 10.9. The van der Waals surface area contributed by atoms with Gasteiger partial charge in [0.05, 0.1) is 11.1 Å². The summed E-state index contributed by atoms with van der Waals surface area (Å²) in [6.07, 6.45) is 1.27. The molecule has 60 valence electrons. The number of allylic oxidation sites excluding steroid dienone is 1. The summed E-state index contributed by atoms with van der Waals surface area (Å²) in [5.41, 5.74) is 0.755. The lowest BCUT2D eigenvalue weighted by atomic mass is 10.2. The summed E-state index contributed by atoms with van der Waals surface area (Å²) in [5, 5.41) is 9.33. The molecular formula is C9H5Cl2N. The van der Waals surface area contributed by atoms with Crippen LogP contribution in [0.25, 0.3) is 5.03 Å². The van der Waals surface area contributed by atoms with Crippen molar-refractivity contribution in [3.05, 3.63) is 40.9 Å². The zero-order valence-electron chi connectivity index (χ0n) is 6.09. The van der Waals surface area contributed by atoms with Crippen LogP contribution >= 0.6 is 23.2 Å². The molecular weight excluding hydrogens is 193 g/mol. The predicted molar refractivity (Wildman–Crippen MR) is 50.9 cm³/mol. The molecule has 1 aromatic carbocycles. The highest BCUT2D eigenvalue weighted by Gasteiger charge is 1.97. The fourth-order valence-corrected chi connectivity index (χ4v) is 1.13. The van der Waals surface area contributed by atoms with E-state index in [1.165, 1.54) is 6.08 Å². The fourth-order valence-electron chi connectivity index (χ4n) is 0.777. The second-order valence-electron chi connectivity index (χ2n) is 2.13. The van der Waals surface area contributed by atoms with Gasteiger partial charge in [-0.3, -0.25) is 0 Å². The lowest BCUT2D eigenvalue weighted by Gasteiger charge is -1.96. The largest absolute Gasteiger partial charge is 0.193 e. The van der Waals surface area contributed by atoms with Gasteiger partial charge in [0.1, 0.15) is 0 Å². The van der Waals surface area contributed by atoms with Crippen molar-refractivity contribution in [2.24, 2.45) is 0 Å². The Morgan fingerprint density at radius 3 is 2.83 bits per heavy atom. The standard InChI is InChI=1S/C9H5Cl2N/c10-8-3-1-2-7(6-8)9(11)4-5-12/h1-4,6H/b9-4-. The van der Waals surface area contributed by atoms with Crippen LogP contribution in [0.4, 0.5) is 0 Å². The van der Waals surface area contributed by atoms with Gasteiger partial charge in [-0.2, -0.15) is 5.26 Å². The number of rotatable bonds is 1. The summed E-state index contributed by atoms with van der Waals surface area (Å²) in [6.45, 7) is 0. The van der Waals surface area contributed by atoms with Crippen LogP contribution in [0.5, 0.6) is 0 Å². The van der Waals surface area contributed by atoms with Crippen LogP contribution in [0, 0.1) is 11.3 Å². The minimum atomic E-state index is 0.403. The maximum absolute atomic E-state index is 8.32. The summed E-state index contributed by atoms with van der Waals surface area (Å²) < 4.78 is 0. The van der Waals surface area contributed by atoms with Crippen LogP contribution in [0.15, 0.2) is 30.3 Å². The number of hydrogen-bond donors (Lipinski definition) is 0. The van der Waals surface area contributed by atoms with Gasteiger partial charge >= 0.3 is 0 Å². The van der Waals surface area contributed by atoms with E-state index in [-0.39, 0.29) is 0 Å². The Kier molecular flexibility index (Phi) is 3.16. The Labute approximate surface area is 80.8 Å². The van der Waals surface area contributed by atoms with Gasteiger partial charge in [0.2, 0.25) is 0 Å². The fraction of sp³-hybridized carbons (Fsp3) is 0. The number of nitriles is 1. The molecule has 1 aromatic rings. The first-order valence-corrected chi connectivity index (χ1v) is 4.01. The minimum Gasteiger partial charge on any atom is -0.193 e. The molecule has 3 heteroatoms. The number of nitrogens with zero attached hydrogens (tertiary/aromatic N) is 1. The third-order valence-electron chi connectivity index (χ3n) is 1.29. The molecule has 1 rings (SSSR count). The van der Waals surface area contributed by atoms with Crippen LogP contribution in [0.3, 0.4) is 0 Å². The molecule has 0 N–H and O–H groups in total. The van der Waals surface area contributed by atoms with Gasteiger partial charge in [-0.15, -0.1) is 0 Å². The van der Waals surface area contributed by atoms with E-state index in [9.17, 15) is 0 Å². The van der Waals surface area contributed by atoms with E-state index in [1.807, 2.05) is 6.07 Å². The minimum absolute atomic E-state index is 0.403. The lowest BCUT2D eigenvalue weighted by molar-refractivity contribution is 1.53. The van der Waals surface area contributed by atoms with Crippen molar-refractivity contribution in [3.63, 3.8) is 0 Å². The van der Waals surface area contributed by atoms with Crippen LogP contribution in [0.2, 0.25) is 5.02 Å². The summed E-state index contributed by atoms with van der Waals surface area (Å²) >= 11 is 11.5. The van der Waals surface area contributed by atoms with Crippen molar-refractivity contribution in [2.45, 2.75) is 0 Å². The van der Waals surface area contributed by atoms with Crippen molar-refractivity contribution in [2.75, 3.05) is 0 Å². The average Bonchev–Trinajstić information content (AvgIpc) is 2.05. The molecule has 0 bridgehead atoms. The Balaban J connectivity index is 3.05. The Morgan fingerprint density at radius 1 is 1.50 bits per heavy atom. The molecule has 0 heterocycles. The molecule has 0 spiro atoms. The van der Waals surface area contributed by atoms with E-state index in [1.54, 1.807) is 24.3 Å². The van der Waals surface area contributed by atoms with Gasteiger partial charge in [-0.1, -0.05) is 35.3 Å². The molecule has 0 saturated carbocycles. The van der Waals surface area contributed by atoms with Crippen molar-refractivity contribution < 1.29 is 0 Å². The van der Waals surface area contributed by atoms with Crippen molar-refractivity contribution >= 4 is 28.2 Å². The van der Waals surface area contributed by atoms with E-state index in [4.69, 9.17) is 28.5 Å². The molecule has 0 aliphatic carbocycles. The summed E-state index contributed by atoms with van der Waals surface area (Å²) in [7, 11) is 0. The maximum atomic E-state index is 8.32. The molecule has 12 heavy (non-hydrogen) atoms. The first-order valence-electron chi connectivity index (χ1n) is 3.25. The Hall–Kier alpha value is -0.970. The van der Waals surface area contributed by atoms with Gasteiger partial charge in [0, 0.05) is 11.1 Å². The topological polar surface area (TPSA) is 23.8 Å². The highest BCUT2D eigenvalue weighted by molar-refractivity contribution is 6.49. The SMILES string of the molecule is N#C/C=C(\Cl)c1cccc(Cl)c1. The molecule has 0 radical (unpaired) electrons. The predicted octanol–water partition coefficient (Wildman–Crippen LogP) is 3.44. The van der Waals surface area contributed by atoms with E-state index < -0.39 is 0 Å². The second-order valence-corrected chi connectivity index (χ2v) is 2.98. The highest BCUT2D eigenvalue weighted by atomic mass is 35.5. The van der Waals surface area contributed by atoms with Crippen LogP contribution in [-0.4, -0.2) is 0 Å². The zero-order chi connectivity index (χ0) is 8.97. The molecule has 1 nitrogen and oxygen atoms in total. The van der Waals surface area contributed by atoms with Gasteiger partial charge in [0.15, 0.2) is 0 Å².